The third-order valence-electron chi connectivity index (χ3n) is 14.1. The van der Waals surface area contributed by atoms with Gasteiger partial charge in [0.05, 0.1) is 11.1 Å². The Morgan fingerprint density at radius 1 is 0.534 bits per heavy atom. The van der Waals surface area contributed by atoms with Crippen molar-refractivity contribution in [1.82, 2.24) is 0 Å². The maximum atomic E-state index is 6.69. The standard InChI is InChI=1S/C54H57BN2O/c1-32-17-13-15-19-41(32)57-45-29-35(52(6,7)8)28-44-49(45)55(39-22-24-47-48(50(39)57)36-18-14-16-20-46(36)58-47)40-30-37-38(54(11,12)26-25-53(37,9)10)31-43(40)56(44)42-23-21-34(27-33(42)2)51(3,4)5/h13-24,27-31H,25-26H2,1-12H3. The van der Waals surface area contributed by atoms with Crippen LogP contribution in [-0.4, -0.2) is 6.71 Å². The van der Waals surface area contributed by atoms with Crippen LogP contribution in [0.3, 0.4) is 0 Å². The summed E-state index contributed by atoms with van der Waals surface area (Å²) in [5.41, 5.74) is 21.7. The number of hydrogen-bond donors (Lipinski definition) is 0. The summed E-state index contributed by atoms with van der Waals surface area (Å²) in [4.78, 5) is 5.26. The molecule has 0 unspecified atom stereocenters. The lowest BCUT2D eigenvalue weighted by Crippen LogP contribution is -2.62. The van der Waals surface area contributed by atoms with Crippen LogP contribution in [-0.2, 0) is 21.7 Å². The second kappa shape index (κ2) is 12.2. The highest BCUT2D eigenvalue weighted by atomic mass is 16.3. The van der Waals surface area contributed by atoms with Gasteiger partial charge < -0.3 is 14.2 Å². The number of benzene rings is 6. The molecule has 0 bridgehead atoms. The van der Waals surface area contributed by atoms with Gasteiger partial charge in [0.2, 0.25) is 0 Å². The lowest BCUT2D eigenvalue weighted by molar-refractivity contribution is 0.332. The first kappa shape index (κ1) is 37.1. The second-order valence-electron chi connectivity index (χ2n) is 21.0. The van der Waals surface area contributed by atoms with Crippen LogP contribution >= 0.6 is 0 Å². The summed E-state index contributed by atoms with van der Waals surface area (Å²) in [6, 6.07) is 39.7. The van der Waals surface area contributed by atoms with Crippen LogP contribution in [0.2, 0.25) is 0 Å². The van der Waals surface area contributed by atoms with E-state index >= 15 is 0 Å². The molecule has 10 rings (SSSR count). The van der Waals surface area contributed by atoms with Crippen LogP contribution < -0.4 is 26.2 Å². The predicted molar refractivity (Wildman–Crippen MR) is 250 cm³/mol. The third kappa shape index (κ3) is 5.32. The average molecular weight is 761 g/mol. The summed E-state index contributed by atoms with van der Waals surface area (Å²) in [6.07, 6.45) is 2.34. The van der Waals surface area contributed by atoms with Gasteiger partial charge in [-0.05, 0) is 141 Å². The molecule has 0 N–H and O–H groups in total. The molecule has 3 heterocycles. The fourth-order valence-corrected chi connectivity index (χ4v) is 10.5. The molecule has 1 aromatic heterocycles. The van der Waals surface area contributed by atoms with Crippen LogP contribution in [0.4, 0.5) is 34.1 Å². The number of anilines is 6. The number of aryl methyl sites for hydroxylation is 2. The monoisotopic (exact) mass is 760 g/mol. The molecule has 1 aliphatic carbocycles. The van der Waals surface area contributed by atoms with E-state index in [0.717, 1.165) is 16.6 Å². The van der Waals surface area contributed by atoms with Crippen LogP contribution in [0.1, 0.15) is 115 Å². The van der Waals surface area contributed by atoms with Gasteiger partial charge in [-0.1, -0.05) is 130 Å². The molecule has 0 saturated heterocycles. The van der Waals surface area contributed by atoms with E-state index in [1.807, 2.05) is 0 Å². The normalized spacial score (nSPS) is 16.7. The van der Waals surface area contributed by atoms with Crippen molar-refractivity contribution in [3.63, 3.8) is 0 Å². The van der Waals surface area contributed by atoms with Crippen LogP contribution in [0.15, 0.2) is 108 Å². The molecule has 0 saturated carbocycles. The molecule has 0 amide bonds. The molecule has 58 heavy (non-hydrogen) atoms. The van der Waals surface area contributed by atoms with Crippen LogP contribution in [0.25, 0.3) is 21.9 Å². The summed E-state index contributed by atoms with van der Waals surface area (Å²) in [5, 5.41) is 2.34. The molecular formula is C54H57BN2O. The van der Waals surface area contributed by atoms with Gasteiger partial charge in [0, 0.05) is 33.8 Å². The fraction of sp³-hybridized carbons (Fsp3) is 0.333. The maximum absolute atomic E-state index is 6.69. The summed E-state index contributed by atoms with van der Waals surface area (Å²) < 4.78 is 6.69. The van der Waals surface area contributed by atoms with Gasteiger partial charge in [-0.15, -0.1) is 0 Å². The number of furan rings is 1. The number of nitrogens with zero attached hydrogens (tertiary/aromatic N) is 2. The molecule has 0 atom stereocenters. The van der Waals surface area contributed by atoms with Crippen molar-refractivity contribution in [3.8, 4) is 0 Å². The van der Waals surface area contributed by atoms with E-state index in [1.54, 1.807) is 0 Å². The number of fused-ring (bicyclic) bond motifs is 9. The first-order chi connectivity index (χ1) is 27.3. The number of para-hydroxylation sites is 2. The first-order valence-corrected chi connectivity index (χ1v) is 21.4. The second-order valence-corrected chi connectivity index (χ2v) is 21.0. The fourth-order valence-electron chi connectivity index (χ4n) is 10.5. The summed E-state index contributed by atoms with van der Waals surface area (Å²) in [6.45, 7) is 28.5. The zero-order valence-corrected chi connectivity index (χ0v) is 36.6. The highest BCUT2D eigenvalue weighted by Gasteiger charge is 2.48. The van der Waals surface area contributed by atoms with E-state index in [4.69, 9.17) is 4.42 Å². The minimum Gasteiger partial charge on any atom is -0.456 e. The Morgan fingerprint density at radius 3 is 1.83 bits per heavy atom. The molecule has 7 aromatic rings. The smallest absolute Gasteiger partial charge is 0.252 e. The van der Waals surface area contributed by atoms with Crippen LogP contribution in [0.5, 0.6) is 0 Å². The van der Waals surface area contributed by atoms with E-state index < -0.39 is 0 Å². The van der Waals surface area contributed by atoms with Crippen molar-refractivity contribution in [3.05, 3.63) is 137 Å². The van der Waals surface area contributed by atoms with Crippen molar-refractivity contribution >= 4 is 79.2 Å². The minimum absolute atomic E-state index is 0.0129. The Kier molecular flexibility index (Phi) is 7.78. The molecule has 0 fully saturated rings. The van der Waals surface area contributed by atoms with E-state index in [9.17, 15) is 0 Å². The Morgan fingerprint density at radius 2 is 1.16 bits per heavy atom. The minimum atomic E-state index is -0.105. The van der Waals surface area contributed by atoms with Gasteiger partial charge in [0.25, 0.3) is 6.71 Å². The van der Waals surface area contributed by atoms with Crippen molar-refractivity contribution in [2.45, 2.75) is 118 Å². The highest BCUT2D eigenvalue weighted by Crippen LogP contribution is 2.53. The molecule has 3 nitrogen and oxygen atoms in total. The van der Waals surface area contributed by atoms with Crippen molar-refractivity contribution in [1.29, 1.82) is 0 Å². The topological polar surface area (TPSA) is 19.6 Å². The average Bonchev–Trinajstić information content (AvgIpc) is 3.55. The Labute approximate surface area is 346 Å². The van der Waals surface area contributed by atoms with E-state index in [0.29, 0.717) is 0 Å². The van der Waals surface area contributed by atoms with Gasteiger partial charge in [-0.25, -0.2) is 0 Å². The Hall–Kier alpha value is -5.22. The lowest BCUT2D eigenvalue weighted by Gasteiger charge is -2.48. The molecule has 292 valence electrons. The third-order valence-corrected chi connectivity index (χ3v) is 14.1. The van der Waals surface area contributed by atoms with E-state index in [2.05, 4.69) is 196 Å². The van der Waals surface area contributed by atoms with Crippen molar-refractivity contribution < 1.29 is 4.42 Å². The predicted octanol–water partition coefficient (Wildman–Crippen LogP) is 13.2. The molecule has 0 radical (unpaired) electrons. The van der Waals surface area contributed by atoms with Gasteiger partial charge in [-0.2, -0.15) is 0 Å². The van der Waals surface area contributed by atoms with Gasteiger partial charge >= 0.3 is 0 Å². The quantitative estimate of drug-likeness (QED) is 0.164. The first-order valence-electron chi connectivity index (χ1n) is 21.4. The lowest BCUT2D eigenvalue weighted by atomic mass is 9.33. The van der Waals surface area contributed by atoms with Gasteiger partial charge in [0.1, 0.15) is 11.2 Å². The van der Waals surface area contributed by atoms with Gasteiger partial charge in [0.15, 0.2) is 0 Å². The summed E-state index contributed by atoms with van der Waals surface area (Å²) >= 11 is 0. The van der Waals surface area contributed by atoms with E-state index in [-0.39, 0.29) is 28.4 Å². The molecule has 3 aliphatic rings. The summed E-state index contributed by atoms with van der Waals surface area (Å²) in [5.74, 6) is 0. The molecular weight excluding hydrogens is 703 g/mol. The molecule has 0 spiro atoms. The summed E-state index contributed by atoms with van der Waals surface area (Å²) in [7, 11) is 0. The zero-order valence-electron chi connectivity index (χ0n) is 36.6. The van der Waals surface area contributed by atoms with Crippen molar-refractivity contribution in [2.75, 3.05) is 9.80 Å². The molecule has 2 aliphatic heterocycles. The zero-order chi connectivity index (χ0) is 40.8. The number of rotatable bonds is 2. The molecule has 6 aromatic carbocycles. The molecule has 4 heteroatoms. The van der Waals surface area contributed by atoms with Crippen LogP contribution in [0, 0.1) is 13.8 Å². The number of hydrogen-bond acceptors (Lipinski definition) is 3. The SMILES string of the molecule is Cc1cc(C(C)(C)C)ccc1N1c2cc3c(cc2B2c4ccc5oc6ccccc6c5c4N(c4ccccc4C)c4cc(C(C)(C)C)cc1c42)C(C)(C)CCC3(C)C. The maximum Gasteiger partial charge on any atom is 0.252 e. The van der Waals surface area contributed by atoms with Crippen molar-refractivity contribution in [2.24, 2.45) is 0 Å². The largest absolute Gasteiger partial charge is 0.456 e. The Balaban J connectivity index is 1.40. The van der Waals surface area contributed by atoms with E-state index in [1.165, 1.54) is 102 Å². The Bertz CT molecular complexity index is 2860. The van der Waals surface area contributed by atoms with Gasteiger partial charge in [-0.3, -0.25) is 0 Å². The highest BCUT2D eigenvalue weighted by molar-refractivity contribution is 7.00.